The molecule has 1 rings (SSSR count). The second-order valence-corrected chi connectivity index (χ2v) is 1.69. The summed E-state index contributed by atoms with van der Waals surface area (Å²) in [4.78, 5) is 7.87. The largest absolute Gasteiger partial charge is 0.388 e. The fourth-order valence-corrected chi connectivity index (χ4v) is 0.497. The van der Waals surface area contributed by atoms with Crippen LogP contribution < -0.4 is 5.90 Å². The molecular formula is C4H7N5O. The topological polar surface area (TPSA) is 101 Å². The first-order valence-electron chi connectivity index (χ1n) is 2.58. The lowest BCUT2D eigenvalue weighted by molar-refractivity contribution is 0.317. The van der Waals surface area contributed by atoms with Crippen molar-refractivity contribution in [2.45, 2.75) is 6.92 Å². The second kappa shape index (κ2) is 2.44. The van der Waals surface area contributed by atoms with Gasteiger partial charge in [0.1, 0.15) is 5.82 Å². The first-order chi connectivity index (χ1) is 4.74. The molecule has 0 fully saturated rings. The zero-order valence-corrected chi connectivity index (χ0v) is 5.38. The standard InChI is InChI=1S/C4H7N5O/c1-2-7-4(9-8-2)3(5)10-6/h5H,6H2,1H3,(H,7,8,9). The second-order valence-electron chi connectivity index (χ2n) is 1.69. The maximum atomic E-state index is 7.00. The molecule has 0 saturated carbocycles. The van der Waals surface area contributed by atoms with Gasteiger partial charge in [-0.15, -0.1) is 5.10 Å². The van der Waals surface area contributed by atoms with Crippen LogP contribution in [0.2, 0.25) is 0 Å². The van der Waals surface area contributed by atoms with Crippen LogP contribution in [0.1, 0.15) is 11.6 Å². The van der Waals surface area contributed by atoms with E-state index in [1.165, 1.54) is 0 Å². The third-order valence-corrected chi connectivity index (χ3v) is 0.918. The number of nitrogens with two attached hydrogens (primary N) is 1. The van der Waals surface area contributed by atoms with Gasteiger partial charge >= 0.3 is 0 Å². The number of nitrogens with one attached hydrogen (secondary N) is 2. The Bertz CT molecular complexity index is 242. The molecule has 0 aliphatic rings. The summed E-state index contributed by atoms with van der Waals surface area (Å²) in [6, 6.07) is 0. The molecule has 10 heavy (non-hydrogen) atoms. The van der Waals surface area contributed by atoms with Crippen molar-refractivity contribution in [2.75, 3.05) is 0 Å². The number of aryl methyl sites for hydroxylation is 1. The summed E-state index contributed by atoms with van der Waals surface area (Å²) < 4.78 is 0. The molecule has 6 nitrogen and oxygen atoms in total. The minimum Gasteiger partial charge on any atom is -0.388 e. The quantitative estimate of drug-likeness (QED) is 0.274. The molecule has 0 aliphatic heterocycles. The van der Waals surface area contributed by atoms with E-state index in [1.807, 2.05) is 0 Å². The molecule has 0 saturated heterocycles. The Hall–Kier alpha value is -1.43. The minimum atomic E-state index is -0.246. The van der Waals surface area contributed by atoms with Crippen LogP contribution in [0.25, 0.3) is 0 Å². The third-order valence-electron chi connectivity index (χ3n) is 0.918. The monoisotopic (exact) mass is 141 g/mol. The van der Waals surface area contributed by atoms with Crippen molar-refractivity contribution < 1.29 is 4.84 Å². The van der Waals surface area contributed by atoms with E-state index >= 15 is 0 Å². The Labute approximate surface area is 56.9 Å². The van der Waals surface area contributed by atoms with Gasteiger partial charge in [-0.05, 0) is 6.92 Å². The molecule has 4 N–H and O–H groups in total. The normalized spacial score (nSPS) is 9.40. The van der Waals surface area contributed by atoms with E-state index in [-0.39, 0.29) is 11.7 Å². The van der Waals surface area contributed by atoms with Gasteiger partial charge in [-0.3, -0.25) is 10.5 Å². The molecule has 1 aromatic rings. The van der Waals surface area contributed by atoms with Gasteiger partial charge in [-0.1, -0.05) is 0 Å². The van der Waals surface area contributed by atoms with Crippen LogP contribution in [0.15, 0.2) is 0 Å². The van der Waals surface area contributed by atoms with Crippen molar-refractivity contribution in [3.05, 3.63) is 11.6 Å². The molecule has 0 atom stereocenters. The SMILES string of the molecule is Cc1nc(C(=N)ON)n[nH]1. The average Bonchev–Trinajstić information content (AvgIpc) is 2.34. The molecule has 0 spiro atoms. The molecule has 0 amide bonds. The van der Waals surface area contributed by atoms with Gasteiger partial charge in [0.25, 0.3) is 5.90 Å². The maximum absolute atomic E-state index is 7.00. The number of H-pyrrole nitrogens is 1. The summed E-state index contributed by atoms with van der Waals surface area (Å²) in [5.74, 6) is 5.24. The summed E-state index contributed by atoms with van der Waals surface area (Å²) in [6.07, 6.45) is 0. The molecule has 6 heteroatoms. The lowest BCUT2D eigenvalue weighted by atomic mass is 10.6. The van der Waals surface area contributed by atoms with E-state index in [4.69, 9.17) is 11.3 Å². The zero-order valence-electron chi connectivity index (χ0n) is 5.38. The first kappa shape index (κ1) is 6.69. The molecule has 0 radical (unpaired) electrons. The van der Waals surface area contributed by atoms with Crippen molar-refractivity contribution in [1.29, 1.82) is 5.41 Å². The number of rotatable bonds is 1. The molecule has 0 aromatic carbocycles. The molecule has 0 aliphatic carbocycles. The summed E-state index contributed by atoms with van der Waals surface area (Å²) >= 11 is 0. The predicted octanol–water partition coefficient (Wildman–Crippen LogP) is -0.671. The van der Waals surface area contributed by atoms with Gasteiger partial charge in [0, 0.05) is 0 Å². The molecule has 54 valence electrons. The fourth-order valence-electron chi connectivity index (χ4n) is 0.497. The van der Waals surface area contributed by atoms with Crippen LogP contribution in [-0.4, -0.2) is 21.1 Å². The van der Waals surface area contributed by atoms with Gasteiger partial charge in [0.2, 0.25) is 5.82 Å². The average molecular weight is 141 g/mol. The van der Waals surface area contributed by atoms with Gasteiger partial charge in [0.15, 0.2) is 0 Å². The molecule has 1 heterocycles. The summed E-state index contributed by atoms with van der Waals surface area (Å²) in [5, 5.41) is 13.2. The minimum absolute atomic E-state index is 0.167. The van der Waals surface area contributed by atoms with E-state index in [2.05, 4.69) is 20.0 Å². The first-order valence-corrected chi connectivity index (χ1v) is 2.58. The van der Waals surface area contributed by atoms with E-state index < -0.39 is 0 Å². The van der Waals surface area contributed by atoms with Crippen LogP contribution in [0.3, 0.4) is 0 Å². The molecule has 1 aromatic heterocycles. The Morgan fingerprint density at radius 1 is 1.80 bits per heavy atom. The van der Waals surface area contributed by atoms with Gasteiger partial charge in [0.05, 0.1) is 0 Å². The highest BCUT2D eigenvalue weighted by Gasteiger charge is 2.05. The van der Waals surface area contributed by atoms with Crippen molar-refractivity contribution in [2.24, 2.45) is 5.90 Å². The van der Waals surface area contributed by atoms with Gasteiger partial charge in [-0.25, -0.2) is 4.98 Å². The maximum Gasteiger partial charge on any atom is 0.277 e. The van der Waals surface area contributed by atoms with E-state index in [9.17, 15) is 0 Å². The van der Waals surface area contributed by atoms with Crippen molar-refractivity contribution in [3.63, 3.8) is 0 Å². The molecule has 0 bridgehead atoms. The summed E-state index contributed by atoms with van der Waals surface area (Å²) in [5.41, 5.74) is 0. The van der Waals surface area contributed by atoms with E-state index in [0.29, 0.717) is 5.82 Å². The van der Waals surface area contributed by atoms with E-state index in [1.54, 1.807) is 6.92 Å². The number of hydrogen-bond acceptors (Lipinski definition) is 5. The molecular weight excluding hydrogens is 134 g/mol. The Morgan fingerprint density at radius 2 is 2.50 bits per heavy atom. The van der Waals surface area contributed by atoms with Crippen molar-refractivity contribution in [3.8, 4) is 0 Å². The predicted molar refractivity (Wildman–Crippen MR) is 33.2 cm³/mol. The highest BCUT2D eigenvalue weighted by atomic mass is 16.6. The van der Waals surface area contributed by atoms with Crippen LogP contribution in [0.4, 0.5) is 0 Å². The lowest BCUT2D eigenvalue weighted by Crippen LogP contribution is -2.11. The Kier molecular flexibility index (Phi) is 1.63. The zero-order chi connectivity index (χ0) is 7.56. The van der Waals surface area contributed by atoms with Crippen LogP contribution >= 0.6 is 0 Å². The van der Waals surface area contributed by atoms with Gasteiger partial charge < -0.3 is 4.84 Å². The van der Waals surface area contributed by atoms with Crippen molar-refractivity contribution in [1.82, 2.24) is 15.2 Å². The summed E-state index contributed by atoms with van der Waals surface area (Å²) in [6.45, 7) is 1.72. The summed E-state index contributed by atoms with van der Waals surface area (Å²) in [7, 11) is 0. The number of hydrogen-bond donors (Lipinski definition) is 3. The molecule has 0 unspecified atom stereocenters. The van der Waals surface area contributed by atoms with E-state index in [0.717, 1.165) is 0 Å². The number of aromatic nitrogens is 3. The Balaban J connectivity index is 2.85. The number of nitrogens with zero attached hydrogens (tertiary/aromatic N) is 2. The lowest BCUT2D eigenvalue weighted by Gasteiger charge is -1.91. The van der Waals surface area contributed by atoms with Gasteiger partial charge in [-0.2, -0.15) is 5.90 Å². The third kappa shape index (κ3) is 1.11. The fraction of sp³-hybridized carbons (Fsp3) is 0.250. The van der Waals surface area contributed by atoms with Crippen LogP contribution in [0, 0.1) is 12.3 Å². The van der Waals surface area contributed by atoms with Crippen molar-refractivity contribution >= 4 is 5.90 Å². The highest BCUT2D eigenvalue weighted by molar-refractivity contribution is 5.86. The highest BCUT2D eigenvalue weighted by Crippen LogP contribution is 1.90. The smallest absolute Gasteiger partial charge is 0.277 e. The van der Waals surface area contributed by atoms with Crippen LogP contribution in [0.5, 0.6) is 0 Å². The van der Waals surface area contributed by atoms with Crippen LogP contribution in [-0.2, 0) is 4.84 Å². The number of aromatic amines is 1. The Morgan fingerprint density at radius 3 is 2.90 bits per heavy atom.